The van der Waals surface area contributed by atoms with Crippen molar-refractivity contribution in [3.05, 3.63) is 36.0 Å². The summed E-state index contributed by atoms with van der Waals surface area (Å²) >= 11 is 0. The molecule has 1 fully saturated rings. The topological polar surface area (TPSA) is 59.0 Å². The predicted octanol–water partition coefficient (Wildman–Crippen LogP) is 1.43. The Kier molecular flexibility index (Phi) is 4.41. The maximum absolute atomic E-state index is 12.0. The number of morpholine rings is 1. The Morgan fingerprint density at radius 2 is 2.16 bits per heavy atom. The molecule has 1 saturated heterocycles. The van der Waals surface area contributed by atoms with Crippen molar-refractivity contribution in [2.75, 3.05) is 33.4 Å². The van der Waals surface area contributed by atoms with Crippen LogP contribution in [-0.4, -0.2) is 49.2 Å². The van der Waals surface area contributed by atoms with E-state index in [2.05, 4.69) is 0 Å². The first-order valence-electron chi connectivity index (χ1n) is 6.12. The Labute approximate surface area is 112 Å². The summed E-state index contributed by atoms with van der Waals surface area (Å²) in [4.78, 5) is 14.0. The van der Waals surface area contributed by atoms with Crippen LogP contribution in [0.2, 0.25) is 0 Å². The Hall–Kier alpha value is -2.01. The summed E-state index contributed by atoms with van der Waals surface area (Å²) in [6.07, 6.45) is 3.21. The Morgan fingerprint density at radius 3 is 2.79 bits per heavy atom. The molecule has 1 aliphatic heterocycles. The quantitative estimate of drug-likeness (QED) is 0.658. The molecule has 1 heterocycles. The van der Waals surface area contributed by atoms with Crippen LogP contribution in [-0.2, 0) is 4.74 Å². The van der Waals surface area contributed by atoms with Crippen LogP contribution in [0.3, 0.4) is 0 Å². The molecule has 102 valence electrons. The molecule has 0 bridgehead atoms. The van der Waals surface area contributed by atoms with Gasteiger partial charge < -0.3 is 19.5 Å². The smallest absolute Gasteiger partial charge is 0.190 e. The normalized spacial score (nSPS) is 15.7. The third-order valence-electron chi connectivity index (χ3n) is 2.95. The monoisotopic (exact) mass is 263 g/mol. The summed E-state index contributed by atoms with van der Waals surface area (Å²) in [6.45, 7) is 2.90. The third-order valence-corrected chi connectivity index (χ3v) is 2.95. The first kappa shape index (κ1) is 13.4. The van der Waals surface area contributed by atoms with Gasteiger partial charge in [0, 0.05) is 31.4 Å². The number of nitrogens with zero attached hydrogens (tertiary/aromatic N) is 1. The van der Waals surface area contributed by atoms with Gasteiger partial charge in [0.1, 0.15) is 11.5 Å². The van der Waals surface area contributed by atoms with Gasteiger partial charge in [0.15, 0.2) is 5.78 Å². The zero-order chi connectivity index (χ0) is 13.7. The number of rotatable bonds is 4. The number of ether oxygens (including phenoxy) is 2. The first-order valence-corrected chi connectivity index (χ1v) is 6.12. The first-order chi connectivity index (χ1) is 9.20. The molecule has 0 radical (unpaired) electrons. The molecule has 5 nitrogen and oxygen atoms in total. The Morgan fingerprint density at radius 1 is 1.42 bits per heavy atom. The molecule has 19 heavy (non-hydrogen) atoms. The molecule has 0 atom stereocenters. The van der Waals surface area contributed by atoms with Gasteiger partial charge in [0.25, 0.3) is 0 Å². The number of hydrogen-bond donors (Lipinski definition) is 1. The standard InChI is InChI=1S/C14H17NO4/c1-18-11-2-3-12(14(17)10-11)13(16)4-5-15-6-8-19-9-7-15/h2-5,10,17H,6-9H2,1H3/b5-4+. The third kappa shape index (κ3) is 3.48. The van der Waals surface area contributed by atoms with E-state index >= 15 is 0 Å². The highest BCUT2D eigenvalue weighted by molar-refractivity contribution is 6.06. The number of methoxy groups -OCH3 is 1. The second-order valence-corrected chi connectivity index (χ2v) is 4.21. The molecule has 0 saturated carbocycles. The minimum atomic E-state index is -0.230. The van der Waals surface area contributed by atoms with Crippen LogP contribution in [0.5, 0.6) is 11.5 Å². The van der Waals surface area contributed by atoms with Crippen molar-refractivity contribution in [2.45, 2.75) is 0 Å². The van der Waals surface area contributed by atoms with E-state index in [1.54, 1.807) is 18.3 Å². The molecule has 2 rings (SSSR count). The maximum atomic E-state index is 12.0. The van der Waals surface area contributed by atoms with Crippen molar-refractivity contribution >= 4 is 5.78 Å². The average molecular weight is 263 g/mol. The van der Waals surface area contributed by atoms with Gasteiger partial charge in [-0.25, -0.2) is 0 Å². The number of carbonyl (C=O) groups excluding carboxylic acids is 1. The SMILES string of the molecule is COc1ccc(C(=O)/C=C/N2CCOCC2)c(O)c1. The molecule has 1 N–H and O–H groups in total. The Balaban J connectivity index is 2.04. The molecule has 0 amide bonds. The summed E-state index contributed by atoms with van der Waals surface area (Å²) in [5.74, 6) is 0.217. The molecule has 1 aromatic carbocycles. The van der Waals surface area contributed by atoms with Gasteiger partial charge in [-0.1, -0.05) is 0 Å². The van der Waals surface area contributed by atoms with Crippen LogP contribution < -0.4 is 4.74 Å². The van der Waals surface area contributed by atoms with E-state index in [1.165, 1.54) is 19.3 Å². The van der Waals surface area contributed by atoms with Crippen molar-refractivity contribution < 1.29 is 19.4 Å². The molecule has 1 aromatic rings. The van der Waals surface area contributed by atoms with Crippen LogP contribution in [0.25, 0.3) is 0 Å². The molecule has 0 aliphatic carbocycles. The van der Waals surface area contributed by atoms with Crippen LogP contribution in [0.4, 0.5) is 0 Å². The number of allylic oxidation sites excluding steroid dienone is 1. The van der Waals surface area contributed by atoms with E-state index in [0.717, 1.165) is 13.1 Å². The largest absolute Gasteiger partial charge is 0.507 e. The lowest BCUT2D eigenvalue weighted by atomic mass is 10.1. The van der Waals surface area contributed by atoms with E-state index in [0.29, 0.717) is 19.0 Å². The Bertz CT molecular complexity index is 478. The number of phenols is 1. The van der Waals surface area contributed by atoms with Gasteiger partial charge in [0.05, 0.1) is 25.9 Å². The van der Waals surface area contributed by atoms with Crippen molar-refractivity contribution in [3.63, 3.8) is 0 Å². The second-order valence-electron chi connectivity index (χ2n) is 4.21. The van der Waals surface area contributed by atoms with Crippen molar-refractivity contribution in [3.8, 4) is 11.5 Å². The van der Waals surface area contributed by atoms with Gasteiger partial charge in [-0.05, 0) is 12.1 Å². The lowest BCUT2D eigenvalue weighted by Gasteiger charge is -2.24. The molecular formula is C14H17NO4. The van der Waals surface area contributed by atoms with Crippen molar-refractivity contribution in [1.29, 1.82) is 0 Å². The summed E-state index contributed by atoms with van der Waals surface area (Å²) in [5.41, 5.74) is 0.269. The summed E-state index contributed by atoms with van der Waals surface area (Å²) in [5, 5.41) is 9.76. The zero-order valence-electron chi connectivity index (χ0n) is 10.8. The van der Waals surface area contributed by atoms with Gasteiger partial charge in [0.2, 0.25) is 0 Å². The average Bonchev–Trinajstić information content (AvgIpc) is 2.45. The predicted molar refractivity (Wildman–Crippen MR) is 70.5 cm³/mol. The number of benzene rings is 1. The fourth-order valence-corrected chi connectivity index (χ4v) is 1.84. The van der Waals surface area contributed by atoms with Crippen molar-refractivity contribution in [1.82, 2.24) is 4.90 Å². The van der Waals surface area contributed by atoms with Crippen LogP contribution in [0.15, 0.2) is 30.5 Å². The fourth-order valence-electron chi connectivity index (χ4n) is 1.84. The maximum Gasteiger partial charge on any atom is 0.190 e. The van der Waals surface area contributed by atoms with E-state index in [9.17, 15) is 9.90 Å². The van der Waals surface area contributed by atoms with Gasteiger partial charge in [-0.2, -0.15) is 0 Å². The lowest BCUT2D eigenvalue weighted by molar-refractivity contribution is 0.0591. The number of ketones is 1. The number of phenolic OH excluding ortho intramolecular Hbond substituents is 1. The molecule has 5 heteroatoms. The van der Waals surface area contributed by atoms with Crippen LogP contribution >= 0.6 is 0 Å². The highest BCUT2D eigenvalue weighted by atomic mass is 16.5. The van der Waals surface area contributed by atoms with E-state index in [-0.39, 0.29) is 17.1 Å². The van der Waals surface area contributed by atoms with Gasteiger partial charge in [-0.3, -0.25) is 4.79 Å². The zero-order valence-corrected chi connectivity index (χ0v) is 10.8. The van der Waals surface area contributed by atoms with Crippen LogP contribution in [0, 0.1) is 0 Å². The van der Waals surface area contributed by atoms with Crippen molar-refractivity contribution in [2.24, 2.45) is 0 Å². The van der Waals surface area contributed by atoms with E-state index in [4.69, 9.17) is 9.47 Å². The molecule has 0 spiro atoms. The van der Waals surface area contributed by atoms with E-state index in [1.807, 2.05) is 4.90 Å². The molecule has 0 unspecified atom stereocenters. The highest BCUT2D eigenvalue weighted by Gasteiger charge is 2.11. The number of carbonyl (C=O) groups is 1. The second kappa shape index (κ2) is 6.24. The number of aromatic hydroxyl groups is 1. The lowest BCUT2D eigenvalue weighted by Crippen LogP contribution is -2.32. The summed E-state index contributed by atoms with van der Waals surface area (Å²) < 4.78 is 10.2. The van der Waals surface area contributed by atoms with Gasteiger partial charge >= 0.3 is 0 Å². The number of hydrogen-bond acceptors (Lipinski definition) is 5. The minimum Gasteiger partial charge on any atom is -0.507 e. The molecule has 1 aliphatic rings. The van der Waals surface area contributed by atoms with Gasteiger partial charge in [-0.15, -0.1) is 0 Å². The molecule has 0 aromatic heterocycles. The van der Waals surface area contributed by atoms with E-state index < -0.39 is 0 Å². The summed E-state index contributed by atoms with van der Waals surface area (Å²) in [7, 11) is 1.51. The summed E-state index contributed by atoms with van der Waals surface area (Å²) in [6, 6.07) is 4.63. The fraction of sp³-hybridized carbons (Fsp3) is 0.357. The minimum absolute atomic E-state index is 0.0732. The van der Waals surface area contributed by atoms with Crippen LogP contribution in [0.1, 0.15) is 10.4 Å². The highest BCUT2D eigenvalue weighted by Crippen LogP contribution is 2.23. The molecular weight excluding hydrogens is 246 g/mol.